The summed E-state index contributed by atoms with van der Waals surface area (Å²) in [5.41, 5.74) is 3.33. The van der Waals surface area contributed by atoms with Crippen molar-refractivity contribution in [3.8, 4) is 0 Å². The van der Waals surface area contributed by atoms with Gasteiger partial charge in [0.1, 0.15) is 0 Å². The Bertz CT molecular complexity index is 477. The van der Waals surface area contributed by atoms with Gasteiger partial charge < -0.3 is 20.7 Å². The van der Waals surface area contributed by atoms with E-state index >= 15 is 0 Å². The van der Waals surface area contributed by atoms with Crippen molar-refractivity contribution in [1.82, 2.24) is 10.6 Å². The van der Waals surface area contributed by atoms with Crippen LogP contribution in [-0.2, 0) is 9.53 Å². The number of rotatable bonds is 6. The Hall–Kier alpha value is -1.66. The molecule has 0 spiro atoms. The van der Waals surface area contributed by atoms with Crippen molar-refractivity contribution in [1.29, 1.82) is 0 Å². The maximum atomic E-state index is 11.5. The zero-order chi connectivity index (χ0) is 15.0. The summed E-state index contributed by atoms with van der Waals surface area (Å²) in [5, 5.41) is 9.04. The third kappa shape index (κ3) is 5.99. The van der Waals surface area contributed by atoms with E-state index in [1.54, 1.807) is 7.11 Å². The van der Waals surface area contributed by atoms with Crippen molar-refractivity contribution >= 4 is 28.9 Å². The fraction of sp³-hybridized carbons (Fsp3) is 0.429. The van der Waals surface area contributed by atoms with Crippen LogP contribution in [0.25, 0.3) is 0 Å². The molecule has 0 bridgehead atoms. The first-order valence-corrected chi connectivity index (χ1v) is 6.81. The predicted octanol–water partition coefficient (Wildman–Crippen LogP) is 1.35. The zero-order valence-corrected chi connectivity index (χ0v) is 12.9. The van der Waals surface area contributed by atoms with Crippen LogP contribution in [0.1, 0.15) is 11.1 Å². The number of aryl methyl sites for hydroxylation is 2. The Morgan fingerprint density at radius 2 is 2.00 bits per heavy atom. The molecule has 110 valence electrons. The lowest BCUT2D eigenvalue weighted by molar-refractivity contribution is -0.120. The molecule has 1 rings (SSSR count). The zero-order valence-electron chi connectivity index (χ0n) is 12.1. The van der Waals surface area contributed by atoms with Gasteiger partial charge in [-0.2, -0.15) is 0 Å². The minimum atomic E-state index is -0.119. The molecule has 0 unspecified atom stereocenters. The third-order valence-electron chi connectivity index (χ3n) is 2.80. The van der Waals surface area contributed by atoms with Crippen LogP contribution in [0.5, 0.6) is 0 Å². The molecule has 0 heterocycles. The summed E-state index contributed by atoms with van der Waals surface area (Å²) in [6.45, 7) is 5.23. The molecule has 0 aliphatic carbocycles. The van der Waals surface area contributed by atoms with Gasteiger partial charge in [0.25, 0.3) is 0 Å². The topological polar surface area (TPSA) is 62.4 Å². The van der Waals surface area contributed by atoms with E-state index in [9.17, 15) is 4.79 Å². The average molecular weight is 295 g/mol. The van der Waals surface area contributed by atoms with Gasteiger partial charge in [0.05, 0.1) is 13.2 Å². The monoisotopic (exact) mass is 295 g/mol. The predicted molar refractivity (Wildman–Crippen MR) is 85.0 cm³/mol. The van der Waals surface area contributed by atoms with Gasteiger partial charge in [0, 0.05) is 19.3 Å². The molecule has 0 atom stereocenters. The van der Waals surface area contributed by atoms with Crippen molar-refractivity contribution in [3.05, 3.63) is 29.3 Å². The van der Waals surface area contributed by atoms with Gasteiger partial charge in [-0.25, -0.2) is 0 Å². The first-order valence-electron chi connectivity index (χ1n) is 6.40. The highest BCUT2D eigenvalue weighted by atomic mass is 32.1. The maximum absolute atomic E-state index is 11.5. The van der Waals surface area contributed by atoms with Gasteiger partial charge in [-0.3, -0.25) is 4.79 Å². The van der Waals surface area contributed by atoms with Gasteiger partial charge in [-0.15, -0.1) is 0 Å². The van der Waals surface area contributed by atoms with Crippen LogP contribution in [0.2, 0.25) is 0 Å². The second-order valence-electron chi connectivity index (χ2n) is 4.45. The average Bonchev–Trinajstić information content (AvgIpc) is 2.41. The molecule has 0 aliphatic heterocycles. The number of ether oxygens (including phenoxy) is 1. The molecule has 0 saturated heterocycles. The van der Waals surface area contributed by atoms with E-state index < -0.39 is 0 Å². The summed E-state index contributed by atoms with van der Waals surface area (Å²) in [4.78, 5) is 11.5. The van der Waals surface area contributed by atoms with E-state index in [4.69, 9.17) is 17.0 Å². The Labute approximate surface area is 125 Å². The second kappa shape index (κ2) is 8.50. The summed E-state index contributed by atoms with van der Waals surface area (Å²) in [5.74, 6) is -0.119. The lowest BCUT2D eigenvalue weighted by atomic mass is 10.1. The van der Waals surface area contributed by atoms with Gasteiger partial charge in [-0.05, 0) is 49.3 Å². The van der Waals surface area contributed by atoms with Crippen LogP contribution in [0.4, 0.5) is 5.69 Å². The SMILES string of the molecule is COCCNC(=O)CNC(=S)Nc1ccc(C)c(C)c1. The molecule has 1 aromatic carbocycles. The van der Waals surface area contributed by atoms with Crippen LogP contribution >= 0.6 is 12.2 Å². The fourth-order valence-electron chi connectivity index (χ4n) is 1.51. The van der Waals surface area contributed by atoms with E-state index in [0.29, 0.717) is 18.3 Å². The molecule has 1 amide bonds. The number of anilines is 1. The number of amides is 1. The lowest BCUT2D eigenvalue weighted by Gasteiger charge is -2.11. The summed E-state index contributed by atoms with van der Waals surface area (Å²) < 4.78 is 4.84. The Kier molecular flexibility index (Phi) is 6.97. The Balaban J connectivity index is 2.32. The second-order valence-corrected chi connectivity index (χ2v) is 4.86. The summed E-state index contributed by atoms with van der Waals surface area (Å²) in [6, 6.07) is 5.99. The van der Waals surface area contributed by atoms with Gasteiger partial charge in [0.15, 0.2) is 5.11 Å². The highest BCUT2D eigenvalue weighted by molar-refractivity contribution is 7.80. The summed E-state index contributed by atoms with van der Waals surface area (Å²) in [7, 11) is 1.59. The number of hydrogen-bond acceptors (Lipinski definition) is 3. The first-order chi connectivity index (χ1) is 9.52. The van der Waals surface area contributed by atoms with Crippen LogP contribution < -0.4 is 16.0 Å². The number of methoxy groups -OCH3 is 1. The quantitative estimate of drug-likeness (QED) is 0.546. The van der Waals surface area contributed by atoms with Gasteiger partial charge in [-0.1, -0.05) is 6.07 Å². The van der Waals surface area contributed by atoms with E-state index in [-0.39, 0.29) is 12.5 Å². The lowest BCUT2D eigenvalue weighted by Crippen LogP contribution is -2.39. The van der Waals surface area contributed by atoms with Gasteiger partial charge >= 0.3 is 0 Å². The molecular weight excluding hydrogens is 274 g/mol. The highest BCUT2D eigenvalue weighted by Gasteiger charge is 2.03. The van der Waals surface area contributed by atoms with Crippen LogP contribution in [0.3, 0.4) is 0 Å². The highest BCUT2D eigenvalue weighted by Crippen LogP contribution is 2.13. The molecule has 6 heteroatoms. The molecule has 0 saturated carbocycles. The molecular formula is C14H21N3O2S. The van der Waals surface area contributed by atoms with E-state index in [1.807, 2.05) is 25.1 Å². The molecule has 0 fully saturated rings. The smallest absolute Gasteiger partial charge is 0.239 e. The molecule has 0 aromatic heterocycles. The molecule has 0 aliphatic rings. The largest absolute Gasteiger partial charge is 0.383 e. The standard InChI is InChI=1S/C14H21N3O2S/c1-10-4-5-12(8-11(10)2)17-14(20)16-9-13(18)15-6-7-19-3/h4-5,8H,6-7,9H2,1-3H3,(H,15,18)(H2,16,17,20). The number of hydrogen-bond donors (Lipinski definition) is 3. The molecule has 1 aromatic rings. The van der Waals surface area contributed by atoms with Crippen molar-refractivity contribution < 1.29 is 9.53 Å². The number of nitrogens with one attached hydrogen (secondary N) is 3. The summed E-state index contributed by atoms with van der Waals surface area (Å²) in [6.07, 6.45) is 0. The van der Waals surface area contributed by atoms with Crippen molar-refractivity contribution in [2.24, 2.45) is 0 Å². The van der Waals surface area contributed by atoms with Crippen LogP contribution in [-0.4, -0.2) is 37.8 Å². The Morgan fingerprint density at radius 1 is 1.25 bits per heavy atom. The first kappa shape index (κ1) is 16.4. The fourth-order valence-corrected chi connectivity index (χ4v) is 1.70. The molecule has 3 N–H and O–H groups in total. The Morgan fingerprint density at radius 3 is 2.65 bits per heavy atom. The number of benzene rings is 1. The maximum Gasteiger partial charge on any atom is 0.239 e. The van der Waals surface area contributed by atoms with E-state index in [0.717, 1.165) is 5.69 Å². The molecule has 5 nitrogen and oxygen atoms in total. The number of carbonyl (C=O) groups is 1. The minimum Gasteiger partial charge on any atom is -0.383 e. The van der Waals surface area contributed by atoms with Crippen molar-refractivity contribution in [2.45, 2.75) is 13.8 Å². The van der Waals surface area contributed by atoms with Crippen LogP contribution in [0, 0.1) is 13.8 Å². The third-order valence-corrected chi connectivity index (χ3v) is 3.05. The summed E-state index contributed by atoms with van der Waals surface area (Å²) >= 11 is 5.14. The van der Waals surface area contributed by atoms with Crippen molar-refractivity contribution in [3.63, 3.8) is 0 Å². The van der Waals surface area contributed by atoms with E-state index in [1.165, 1.54) is 11.1 Å². The van der Waals surface area contributed by atoms with Crippen LogP contribution in [0.15, 0.2) is 18.2 Å². The van der Waals surface area contributed by atoms with Crippen molar-refractivity contribution in [2.75, 3.05) is 32.1 Å². The number of carbonyl (C=O) groups excluding carboxylic acids is 1. The molecule has 20 heavy (non-hydrogen) atoms. The normalized spacial score (nSPS) is 9.95. The molecule has 0 radical (unpaired) electrons. The van der Waals surface area contributed by atoms with E-state index in [2.05, 4.69) is 22.9 Å². The van der Waals surface area contributed by atoms with Gasteiger partial charge in [0.2, 0.25) is 5.91 Å². The minimum absolute atomic E-state index is 0.119. The number of thiocarbonyl (C=S) groups is 1.